The van der Waals surface area contributed by atoms with Crippen molar-refractivity contribution in [2.75, 3.05) is 6.79 Å². The number of ether oxygens (including phenoxy) is 2. The van der Waals surface area contributed by atoms with E-state index in [4.69, 9.17) is 9.47 Å². The number of aryl methyl sites for hydroxylation is 1. The van der Waals surface area contributed by atoms with Crippen LogP contribution in [0.15, 0.2) is 77.8 Å². The summed E-state index contributed by atoms with van der Waals surface area (Å²) in [5.74, 6) is 1.41. The van der Waals surface area contributed by atoms with Gasteiger partial charge in [-0.2, -0.15) is 0 Å². The third-order valence-electron chi connectivity index (χ3n) is 4.96. The highest BCUT2D eigenvalue weighted by Crippen LogP contribution is 2.38. The molecule has 0 saturated heterocycles. The minimum absolute atomic E-state index is 0.216. The van der Waals surface area contributed by atoms with Gasteiger partial charge in [-0.3, -0.25) is 0 Å². The van der Waals surface area contributed by atoms with E-state index in [1.54, 1.807) is 30.5 Å². The van der Waals surface area contributed by atoms with Gasteiger partial charge in [0, 0.05) is 11.6 Å². The van der Waals surface area contributed by atoms with Crippen LogP contribution in [0.1, 0.15) is 5.56 Å². The molecule has 1 aromatic heterocycles. The second-order valence-electron chi connectivity index (χ2n) is 6.74. The van der Waals surface area contributed by atoms with Crippen molar-refractivity contribution in [3.05, 3.63) is 78.5 Å². The fourth-order valence-electron chi connectivity index (χ4n) is 3.49. The summed E-state index contributed by atoms with van der Waals surface area (Å²) in [5.41, 5.74) is 3.53. The standard InChI is InChI=1S/C22H17NO4S/c1-15-5-8-17(9-6-15)28(24,25)23-12-11-19-18(3-2-4-20(19)23)16-7-10-21-22(13-16)27-14-26-21/h2-13H,14H2,1H3. The number of benzene rings is 3. The lowest BCUT2D eigenvalue weighted by Crippen LogP contribution is -2.11. The number of rotatable bonds is 3. The van der Waals surface area contributed by atoms with Crippen molar-refractivity contribution in [2.45, 2.75) is 11.8 Å². The van der Waals surface area contributed by atoms with Crippen LogP contribution in [0.4, 0.5) is 0 Å². The minimum Gasteiger partial charge on any atom is -0.454 e. The molecule has 0 fully saturated rings. The van der Waals surface area contributed by atoms with Gasteiger partial charge in [0.05, 0.1) is 10.4 Å². The molecule has 0 unspecified atom stereocenters. The van der Waals surface area contributed by atoms with Crippen LogP contribution in [0.25, 0.3) is 22.0 Å². The Morgan fingerprint density at radius 3 is 2.50 bits per heavy atom. The molecule has 1 aliphatic heterocycles. The molecule has 140 valence electrons. The second kappa shape index (κ2) is 6.14. The van der Waals surface area contributed by atoms with Gasteiger partial charge < -0.3 is 9.47 Å². The molecule has 0 atom stereocenters. The Kier molecular flexibility index (Phi) is 3.70. The van der Waals surface area contributed by atoms with Gasteiger partial charge in [-0.1, -0.05) is 35.9 Å². The van der Waals surface area contributed by atoms with Crippen LogP contribution in [-0.4, -0.2) is 19.2 Å². The Bertz CT molecular complexity index is 1300. The monoisotopic (exact) mass is 391 g/mol. The molecule has 0 amide bonds. The molecule has 5 rings (SSSR count). The second-order valence-corrected chi connectivity index (χ2v) is 8.55. The Labute approximate surface area is 162 Å². The van der Waals surface area contributed by atoms with Crippen LogP contribution in [0.5, 0.6) is 11.5 Å². The van der Waals surface area contributed by atoms with Crippen molar-refractivity contribution < 1.29 is 17.9 Å². The lowest BCUT2D eigenvalue weighted by atomic mass is 10.0. The Balaban J connectivity index is 1.66. The zero-order valence-corrected chi connectivity index (χ0v) is 15.9. The van der Waals surface area contributed by atoms with E-state index in [1.165, 1.54) is 3.97 Å². The normalized spacial score (nSPS) is 13.2. The average Bonchev–Trinajstić information content (AvgIpc) is 3.34. The van der Waals surface area contributed by atoms with Gasteiger partial charge in [-0.05, 0) is 54.4 Å². The molecular formula is C22H17NO4S. The third-order valence-corrected chi connectivity index (χ3v) is 6.66. The molecule has 2 heterocycles. The van der Waals surface area contributed by atoms with E-state index in [2.05, 4.69) is 0 Å². The van der Waals surface area contributed by atoms with Crippen molar-refractivity contribution in [3.63, 3.8) is 0 Å². The third kappa shape index (κ3) is 2.57. The molecule has 0 bridgehead atoms. The summed E-state index contributed by atoms with van der Waals surface area (Å²) in [4.78, 5) is 0.268. The molecule has 5 nitrogen and oxygen atoms in total. The summed E-state index contributed by atoms with van der Waals surface area (Å²) >= 11 is 0. The molecule has 1 aliphatic rings. The molecule has 6 heteroatoms. The quantitative estimate of drug-likeness (QED) is 0.513. The van der Waals surface area contributed by atoms with E-state index in [0.29, 0.717) is 11.3 Å². The van der Waals surface area contributed by atoms with Crippen LogP contribution >= 0.6 is 0 Å². The number of nitrogens with zero attached hydrogens (tertiary/aromatic N) is 1. The first-order valence-electron chi connectivity index (χ1n) is 8.86. The molecule has 0 spiro atoms. The maximum Gasteiger partial charge on any atom is 0.268 e. The summed E-state index contributed by atoms with van der Waals surface area (Å²) in [6.45, 7) is 2.15. The predicted octanol–water partition coefficient (Wildman–Crippen LogP) is 4.58. The Hall–Kier alpha value is -3.25. The highest BCUT2D eigenvalue weighted by atomic mass is 32.2. The molecule has 0 radical (unpaired) electrons. The van der Waals surface area contributed by atoms with Crippen LogP contribution in [0.3, 0.4) is 0 Å². The van der Waals surface area contributed by atoms with E-state index in [9.17, 15) is 8.42 Å². The van der Waals surface area contributed by atoms with Gasteiger partial charge in [0.15, 0.2) is 11.5 Å². The minimum atomic E-state index is -3.68. The molecule has 0 saturated carbocycles. The summed E-state index contributed by atoms with van der Waals surface area (Å²) < 4.78 is 38.5. The zero-order chi connectivity index (χ0) is 19.3. The summed E-state index contributed by atoms with van der Waals surface area (Å²) in [6, 6.07) is 20.1. The van der Waals surface area contributed by atoms with Gasteiger partial charge in [-0.25, -0.2) is 12.4 Å². The topological polar surface area (TPSA) is 57.5 Å². The smallest absolute Gasteiger partial charge is 0.268 e. The number of fused-ring (bicyclic) bond motifs is 2. The first-order valence-corrected chi connectivity index (χ1v) is 10.3. The number of hydrogen-bond donors (Lipinski definition) is 0. The molecule has 3 aromatic carbocycles. The van der Waals surface area contributed by atoms with Crippen molar-refractivity contribution in [3.8, 4) is 22.6 Å². The van der Waals surface area contributed by atoms with Crippen LogP contribution < -0.4 is 9.47 Å². The maximum atomic E-state index is 13.1. The van der Waals surface area contributed by atoms with Crippen LogP contribution in [-0.2, 0) is 10.0 Å². The zero-order valence-electron chi connectivity index (χ0n) is 15.1. The fraction of sp³-hybridized carbons (Fsp3) is 0.0909. The largest absolute Gasteiger partial charge is 0.454 e. The van der Waals surface area contributed by atoms with Gasteiger partial charge in [0.25, 0.3) is 10.0 Å². The molecule has 4 aromatic rings. The van der Waals surface area contributed by atoms with Gasteiger partial charge in [-0.15, -0.1) is 0 Å². The number of hydrogen-bond acceptors (Lipinski definition) is 4. The lowest BCUT2D eigenvalue weighted by Gasteiger charge is -2.09. The molecular weight excluding hydrogens is 374 g/mol. The summed E-state index contributed by atoms with van der Waals surface area (Å²) in [7, 11) is -3.68. The molecule has 28 heavy (non-hydrogen) atoms. The predicted molar refractivity (Wildman–Crippen MR) is 107 cm³/mol. The average molecular weight is 391 g/mol. The van der Waals surface area contributed by atoms with Gasteiger partial charge in [0.2, 0.25) is 6.79 Å². The van der Waals surface area contributed by atoms with Crippen molar-refractivity contribution in [2.24, 2.45) is 0 Å². The first-order chi connectivity index (χ1) is 13.5. The van der Waals surface area contributed by atoms with Crippen molar-refractivity contribution in [1.82, 2.24) is 3.97 Å². The van der Waals surface area contributed by atoms with Crippen molar-refractivity contribution >= 4 is 20.9 Å². The fourth-order valence-corrected chi connectivity index (χ4v) is 4.84. The van der Waals surface area contributed by atoms with Gasteiger partial charge in [0.1, 0.15) is 0 Å². The van der Waals surface area contributed by atoms with E-state index >= 15 is 0 Å². The van der Waals surface area contributed by atoms with E-state index in [0.717, 1.165) is 27.8 Å². The van der Waals surface area contributed by atoms with Crippen LogP contribution in [0.2, 0.25) is 0 Å². The van der Waals surface area contributed by atoms with Gasteiger partial charge >= 0.3 is 0 Å². The van der Waals surface area contributed by atoms with E-state index in [-0.39, 0.29) is 11.7 Å². The van der Waals surface area contributed by atoms with Crippen LogP contribution in [0, 0.1) is 6.92 Å². The Morgan fingerprint density at radius 2 is 1.68 bits per heavy atom. The summed E-state index contributed by atoms with van der Waals surface area (Å²) in [6.07, 6.45) is 1.61. The highest BCUT2D eigenvalue weighted by Gasteiger charge is 2.20. The summed E-state index contributed by atoms with van der Waals surface area (Å²) in [5, 5.41) is 0.858. The maximum absolute atomic E-state index is 13.1. The van der Waals surface area contributed by atoms with Crippen molar-refractivity contribution in [1.29, 1.82) is 0 Å². The molecule has 0 aliphatic carbocycles. The first kappa shape index (κ1) is 16.9. The van der Waals surface area contributed by atoms with E-state index in [1.807, 2.05) is 49.4 Å². The molecule has 0 N–H and O–H groups in total. The SMILES string of the molecule is Cc1ccc(S(=O)(=O)n2ccc3c(-c4ccc5c(c4)OCO5)cccc32)cc1. The van der Waals surface area contributed by atoms with E-state index < -0.39 is 10.0 Å². The highest BCUT2D eigenvalue weighted by molar-refractivity contribution is 7.90. The lowest BCUT2D eigenvalue weighted by molar-refractivity contribution is 0.174. The number of aromatic nitrogens is 1. The Morgan fingerprint density at radius 1 is 0.893 bits per heavy atom.